The fourth-order valence-electron chi connectivity index (χ4n) is 4.03. The van der Waals surface area contributed by atoms with E-state index in [4.69, 9.17) is 9.47 Å². The van der Waals surface area contributed by atoms with Crippen molar-refractivity contribution in [3.63, 3.8) is 0 Å². The summed E-state index contributed by atoms with van der Waals surface area (Å²) in [5.74, 6) is -0.815. The number of sulfonamides is 1. The van der Waals surface area contributed by atoms with E-state index in [1.54, 1.807) is 0 Å². The molecule has 0 aliphatic carbocycles. The summed E-state index contributed by atoms with van der Waals surface area (Å²) in [7, 11) is -0.853. The van der Waals surface area contributed by atoms with E-state index in [0.29, 0.717) is 36.7 Å². The highest BCUT2D eigenvalue weighted by Gasteiger charge is 2.31. The molecular weight excluding hydrogens is 496 g/mol. The number of nitrogens with zero attached hydrogens (tertiary/aromatic N) is 2. The fourth-order valence-corrected chi connectivity index (χ4v) is 6.70. The molecule has 11 nitrogen and oxygen atoms in total. The molecule has 2 N–H and O–H groups in total. The molecule has 13 heteroatoms. The second kappa shape index (κ2) is 10.3. The number of ether oxygens (including phenoxy) is 2. The summed E-state index contributed by atoms with van der Waals surface area (Å²) < 4.78 is 37.0. The lowest BCUT2D eigenvalue weighted by Gasteiger charge is -2.26. The van der Waals surface area contributed by atoms with Crippen molar-refractivity contribution >= 4 is 44.3 Å². The molecule has 2 aromatic rings. The van der Waals surface area contributed by atoms with Crippen LogP contribution in [0.25, 0.3) is 0 Å². The highest BCUT2D eigenvalue weighted by Crippen LogP contribution is 2.37. The lowest BCUT2D eigenvalue weighted by Crippen LogP contribution is -2.40. The first-order valence-electron chi connectivity index (χ1n) is 10.9. The average molecular weight is 523 g/mol. The summed E-state index contributed by atoms with van der Waals surface area (Å²) in [6, 6.07) is 5.67. The molecule has 0 atom stereocenters. The van der Waals surface area contributed by atoms with Crippen LogP contribution in [0.2, 0.25) is 0 Å². The van der Waals surface area contributed by atoms with Crippen molar-refractivity contribution < 1.29 is 32.3 Å². The molecule has 0 radical (unpaired) electrons. The molecule has 0 bridgehead atoms. The minimum Gasteiger partial charge on any atom is -0.453 e. The Balaban J connectivity index is 1.55. The summed E-state index contributed by atoms with van der Waals surface area (Å²) >= 11 is 1.23. The van der Waals surface area contributed by atoms with Crippen LogP contribution in [0.1, 0.15) is 31.2 Å². The third-order valence-corrected chi connectivity index (χ3v) is 8.94. The predicted octanol–water partition coefficient (Wildman–Crippen LogP) is 1.51. The molecule has 1 saturated heterocycles. The average Bonchev–Trinajstić information content (AvgIpc) is 3.25. The van der Waals surface area contributed by atoms with Gasteiger partial charge in [-0.2, -0.15) is 4.31 Å². The van der Waals surface area contributed by atoms with Gasteiger partial charge in [-0.05, 0) is 36.2 Å². The van der Waals surface area contributed by atoms with E-state index < -0.39 is 22.0 Å². The van der Waals surface area contributed by atoms with Crippen LogP contribution in [-0.4, -0.2) is 82.5 Å². The first-order valence-corrected chi connectivity index (χ1v) is 13.2. The van der Waals surface area contributed by atoms with Gasteiger partial charge >= 0.3 is 6.09 Å². The Labute approximate surface area is 207 Å². The Morgan fingerprint density at radius 3 is 2.37 bits per heavy atom. The second-order valence-electron chi connectivity index (χ2n) is 7.92. The summed E-state index contributed by atoms with van der Waals surface area (Å²) in [4.78, 5) is 39.9. The normalized spacial score (nSPS) is 16.3. The molecule has 3 amide bonds. The third kappa shape index (κ3) is 5.03. The highest BCUT2D eigenvalue weighted by molar-refractivity contribution is 7.89. The molecule has 1 fully saturated rings. The lowest BCUT2D eigenvalue weighted by molar-refractivity contribution is 0.0730. The number of rotatable bonds is 5. The van der Waals surface area contributed by atoms with Crippen molar-refractivity contribution in [1.29, 1.82) is 0 Å². The predicted molar refractivity (Wildman–Crippen MR) is 128 cm³/mol. The maximum atomic E-state index is 13.0. The first kappa shape index (κ1) is 25.1. The van der Waals surface area contributed by atoms with E-state index in [1.165, 1.54) is 59.0 Å². The molecule has 2 aliphatic rings. The molecule has 35 heavy (non-hydrogen) atoms. The van der Waals surface area contributed by atoms with Crippen LogP contribution in [0.5, 0.6) is 0 Å². The maximum Gasteiger partial charge on any atom is 0.409 e. The van der Waals surface area contributed by atoms with Crippen LogP contribution in [0.15, 0.2) is 29.2 Å². The first-order chi connectivity index (χ1) is 16.8. The number of thiophene rings is 1. The van der Waals surface area contributed by atoms with Crippen molar-refractivity contribution in [2.75, 3.05) is 52.3 Å². The molecule has 1 aromatic heterocycles. The van der Waals surface area contributed by atoms with Gasteiger partial charge in [0.25, 0.3) is 11.8 Å². The number of hydrogen-bond donors (Lipinski definition) is 2. The van der Waals surface area contributed by atoms with Crippen LogP contribution in [0, 0.1) is 0 Å². The third-order valence-electron chi connectivity index (χ3n) is 5.90. The zero-order chi connectivity index (χ0) is 25.2. The maximum absolute atomic E-state index is 13.0. The molecule has 1 aromatic carbocycles. The lowest BCUT2D eigenvalue weighted by atomic mass is 10.0. The van der Waals surface area contributed by atoms with Gasteiger partial charge in [-0.1, -0.05) is 0 Å². The molecular formula is C22H26N4O7S2. The van der Waals surface area contributed by atoms with E-state index in [0.717, 1.165) is 10.4 Å². The van der Waals surface area contributed by atoms with E-state index >= 15 is 0 Å². The van der Waals surface area contributed by atoms with Crippen LogP contribution in [-0.2, 0) is 32.5 Å². The topological polar surface area (TPSA) is 134 Å². The summed E-state index contributed by atoms with van der Waals surface area (Å²) in [5.41, 5.74) is 1.41. The van der Waals surface area contributed by atoms with E-state index in [2.05, 4.69) is 10.6 Å². The van der Waals surface area contributed by atoms with Crippen molar-refractivity contribution in [3.8, 4) is 0 Å². The molecule has 0 unspecified atom stereocenters. The van der Waals surface area contributed by atoms with Gasteiger partial charge in [0, 0.05) is 37.1 Å². The highest BCUT2D eigenvalue weighted by atomic mass is 32.2. The minimum absolute atomic E-state index is 0.0940. The molecule has 4 rings (SSSR count). The van der Waals surface area contributed by atoms with Gasteiger partial charge in [-0.25, -0.2) is 13.2 Å². The number of hydrogen-bond acceptors (Lipinski definition) is 8. The zero-order valence-corrected chi connectivity index (χ0v) is 21.0. The Kier molecular flexibility index (Phi) is 7.40. The minimum atomic E-state index is -3.67. The molecule has 3 heterocycles. The smallest absolute Gasteiger partial charge is 0.409 e. The van der Waals surface area contributed by atoms with Crippen molar-refractivity contribution in [2.45, 2.75) is 17.9 Å². The Bertz CT molecular complexity index is 1240. The van der Waals surface area contributed by atoms with Gasteiger partial charge in [0.15, 0.2) is 0 Å². The van der Waals surface area contributed by atoms with Crippen molar-refractivity contribution in [3.05, 3.63) is 45.8 Å². The van der Waals surface area contributed by atoms with Crippen LogP contribution < -0.4 is 10.6 Å². The van der Waals surface area contributed by atoms with Crippen LogP contribution in [0.4, 0.5) is 9.80 Å². The fraction of sp³-hybridized carbons (Fsp3) is 0.409. The quantitative estimate of drug-likeness (QED) is 0.608. The largest absolute Gasteiger partial charge is 0.453 e. The summed E-state index contributed by atoms with van der Waals surface area (Å²) in [5, 5.41) is 5.76. The summed E-state index contributed by atoms with van der Waals surface area (Å²) in [6.45, 7) is 1.92. The number of benzene rings is 1. The number of nitrogens with one attached hydrogen (secondary N) is 2. The van der Waals surface area contributed by atoms with Crippen LogP contribution in [0.3, 0.4) is 0 Å². The molecule has 0 saturated carbocycles. The van der Waals surface area contributed by atoms with Gasteiger partial charge in [0.2, 0.25) is 10.0 Å². The standard InChI is InChI=1S/C22H26N4O7S2/c1-23-20(28)18-16-7-8-25(22(29)32-2)13-17(16)34-21(18)24-19(27)14-3-5-15(6-4-14)35(30,31)26-9-11-33-12-10-26/h3-6H,7-13H2,1-2H3,(H,23,28)(H,24,27). The van der Waals surface area contributed by atoms with E-state index in [9.17, 15) is 22.8 Å². The van der Waals surface area contributed by atoms with Gasteiger partial charge in [-0.3, -0.25) is 9.59 Å². The number of morpholine rings is 1. The van der Waals surface area contributed by atoms with Gasteiger partial charge in [-0.15, -0.1) is 11.3 Å². The van der Waals surface area contributed by atoms with Crippen LogP contribution >= 0.6 is 11.3 Å². The Morgan fingerprint density at radius 1 is 1.06 bits per heavy atom. The number of methoxy groups -OCH3 is 1. The summed E-state index contributed by atoms with van der Waals surface area (Å²) in [6.07, 6.45) is -0.00329. The number of amides is 3. The Hall–Kier alpha value is -3.00. The van der Waals surface area contributed by atoms with Crippen molar-refractivity contribution in [2.24, 2.45) is 0 Å². The van der Waals surface area contributed by atoms with E-state index in [-0.39, 0.29) is 36.0 Å². The van der Waals surface area contributed by atoms with Gasteiger partial charge in [0.1, 0.15) is 5.00 Å². The molecule has 0 spiro atoms. The zero-order valence-electron chi connectivity index (χ0n) is 19.3. The number of carbonyl (C=O) groups excluding carboxylic acids is 3. The second-order valence-corrected chi connectivity index (χ2v) is 11.0. The molecule has 2 aliphatic heterocycles. The van der Waals surface area contributed by atoms with Gasteiger partial charge < -0.3 is 25.0 Å². The molecule has 188 valence electrons. The SMILES string of the molecule is CNC(=O)c1c(NC(=O)c2ccc(S(=O)(=O)N3CCOCC3)cc2)sc2c1CCN(C(=O)OC)C2. The van der Waals surface area contributed by atoms with Crippen molar-refractivity contribution in [1.82, 2.24) is 14.5 Å². The number of anilines is 1. The Morgan fingerprint density at radius 2 is 1.74 bits per heavy atom. The number of carbonyl (C=O) groups is 3. The van der Waals surface area contributed by atoms with E-state index in [1.807, 2.05) is 0 Å². The van der Waals surface area contributed by atoms with Gasteiger partial charge in [0.05, 0.1) is 37.3 Å². The monoisotopic (exact) mass is 522 g/mol. The number of fused-ring (bicyclic) bond motifs is 1.